The van der Waals surface area contributed by atoms with Crippen molar-refractivity contribution < 1.29 is 0 Å². The van der Waals surface area contributed by atoms with Crippen molar-refractivity contribution in [1.82, 2.24) is 0 Å². The summed E-state index contributed by atoms with van der Waals surface area (Å²) >= 11 is 0. The molecule has 0 amide bonds. The molecule has 218 valence electrons. The molecule has 1 nitrogen and oxygen atoms in total. The molecule has 2 atom stereocenters. The van der Waals surface area contributed by atoms with Crippen molar-refractivity contribution in [2.24, 2.45) is 17.8 Å². The first-order chi connectivity index (χ1) is 21.0. The average molecular weight is 564 g/mol. The van der Waals surface area contributed by atoms with Crippen LogP contribution in [0.15, 0.2) is 91.0 Å². The lowest BCUT2D eigenvalue weighted by atomic mass is 9.66. The van der Waals surface area contributed by atoms with Crippen LogP contribution in [0.1, 0.15) is 106 Å². The van der Waals surface area contributed by atoms with E-state index in [9.17, 15) is 0 Å². The first kappa shape index (κ1) is 26.1. The Balaban J connectivity index is 1.12. The zero-order valence-corrected chi connectivity index (χ0v) is 26.0. The largest absolute Gasteiger partial charge is 0.310 e. The highest BCUT2D eigenvalue weighted by Crippen LogP contribution is 2.65. The molecule has 4 bridgehead atoms. The molecule has 2 unspecified atom stereocenters. The molecule has 0 N–H and O–H groups in total. The van der Waals surface area contributed by atoms with Gasteiger partial charge >= 0.3 is 0 Å². The maximum atomic E-state index is 2.51. The standard InChI is InChI=1S/C42H45N/c1-41(2)39-11-7-6-10-37(39)38-24-36(20-21-40(38)41)43(34-16-12-30(13-17-34)29-8-4-3-5-9-29)35-18-14-33(15-19-35)42-25-28-22-31(26-42)32(23-28)27-42/h6-7,10-21,24,28-29,31-32H,3-5,8-9,22-23,25-27H2,1-2H3. The minimum Gasteiger partial charge on any atom is -0.310 e. The molecule has 4 aromatic rings. The first-order valence-corrected chi connectivity index (χ1v) is 17.2. The van der Waals surface area contributed by atoms with Crippen LogP contribution >= 0.6 is 0 Å². The SMILES string of the molecule is CC1(C)c2ccccc2-c2cc(N(c3ccc(C4CCCCC4)cc3)c3ccc(C45CC6CC(C4)C(C6)C5)cc3)ccc21. The van der Waals surface area contributed by atoms with Gasteiger partial charge in [-0.3, -0.25) is 0 Å². The summed E-state index contributed by atoms with van der Waals surface area (Å²) in [4.78, 5) is 2.51. The molecule has 6 aliphatic carbocycles. The van der Waals surface area contributed by atoms with Crippen molar-refractivity contribution in [2.75, 3.05) is 4.90 Å². The summed E-state index contributed by atoms with van der Waals surface area (Å²) in [6, 6.07) is 35.7. The van der Waals surface area contributed by atoms with Gasteiger partial charge in [-0.2, -0.15) is 0 Å². The summed E-state index contributed by atoms with van der Waals surface area (Å²) < 4.78 is 0. The van der Waals surface area contributed by atoms with E-state index in [0.717, 1.165) is 23.7 Å². The fraction of sp³-hybridized carbons (Fsp3) is 0.429. The molecule has 1 heteroatoms. The van der Waals surface area contributed by atoms with E-state index in [1.54, 1.807) is 5.56 Å². The molecule has 43 heavy (non-hydrogen) atoms. The highest BCUT2D eigenvalue weighted by Gasteiger charge is 2.56. The maximum absolute atomic E-state index is 2.51. The Morgan fingerprint density at radius 3 is 1.93 bits per heavy atom. The summed E-state index contributed by atoms with van der Waals surface area (Å²) in [7, 11) is 0. The fourth-order valence-corrected chi connectivity index (χ4v) is 10.8. The number of hydrogen-bond acceptors (Lipinski definition) is 1. The Kier molecular flexibility index (Phi) is 5.82. The second-order valence-corrected chi connectivity index (χ2v) is 15.5. The lowest BCUT2D eigenvalue weighted by molar-refractivity contribution is 0.229. The van der Waals surface area contributed by atoms with Crippen LogP contribution in [0.3, 0.4) is 0 Å². The van der Waals surface area contributed by atoms with Crippen LogP contribution in [0.2, 0.25) is 0 Å². The summed E-state index contributed by atoms with van der Waals surface area (Å²) in [5, 5.41) is 0. The highest BCUT2D eigenvalue weighted by atomic mass is 15.1. The van der Waals surface area contributed by atoms with Crippen molar-refractivity contribution in [1.29, 1.82) is 0 Å². The highest BCUT2D eigenvalue weighted by molar-refractivity contribution is 5.86. The Hall–Kier alpha value is -3.32. The topological polar surface area (TPSA) is 3.24 Å². The van der Waals surface area contributed by atoms with Crippen LogP contribution in [-0.4, -0.2) is 0 Å². The maximum Gasteiger partial charge on any atom is 0.0468 e. The van der Waals surface area contributed by atoms with E-state index in [4.69, 9.17) is 0 Å². The molecule has 5 fully saturated rings. The normalized spacial score (nSPS) is 28.2. The average Bonchev–Trinajstić information content (AvgIpc) is 3.57. The van der Waals surface area contributed by atoms with E-state index in [1.165, 1.54) is 109 Å². The fourth-order valence-electron chi connectivity index (χ4n) is 10.8. The van der Waals surface area contributed by atoms with Gasteiger partial charge in [-0.1, -0.05) is 87.7 Å². The van der Waals surface area contributed by atoms with Crippen LogP contribution in [0.4, 0.5) is 17.1 Å². The van der Waals surface area contributed by atoms with Crippen molar-refractivity contribution in [3.63, 3.8) is 0 Å². The molecule has 5 saturated carbocycles. The third-order valence-electron chi connectivity index (χ3n) is 12.7. The van der Waals surface area contributed by atoms with Gasteiger partial charge < -0.3 is 4.90 Å². The van der Waals surface area contributed by atoms with Crippen molar-refractivity contribution in [3.8, 4) is 11.1 Å². The predicted molar refractivity (Wildman–Crippen MR) is 180 cm³/mol. The van der Waals surface area contributed by atoms with Crippen LogP contribution in [0, 0.1) is 17.8 Å². The van der Waals surface area contributed by atoms with Gasteiger partial charge in [0, 0.05) is 22.5 Å². The lowest BCUT2D eigenvalue weighted by Crippen LogP contribution is -2.31. The molecule has 4 aromatic carbocycles. The lowest BCUT2D eigenvalue weighted by Gasteiger charge is -2.39. The molecule has 0 aliphatic heterocycles. The van der Waals surface area contributed by atoms with E-state index >= 15 is 0 Å². The van der Waals surface area contributed by atoms with E-state index in [0.29, 0.717) is 5.41 Å². The number of anilines is 3. The smallest absolute Gasteiger partial charge is 0.0468 e. The molecular formula is C42H45N. The zero-order valence-electron chi connectivity index (χ0n) is 26.0. The number of benzene rings is 4. The molecule has 0 spiro atoms. The van der Waals surface area contributed by atoms with Crippen LogP contribution in [0.5, 0.6) is 0 Å². The molecule has 0 aromatic heterocycles. The van der Waals surface area contributed by atoms with Crippen molar-refractivity contribution >= 4 is 17.1 Å². The Labute approximate surface area is 258 Å². The summed E-state index contributed by atoms with van der Waals surface area (Å²) in [5.74, 6) is 3.70. The van der Waals surface area contributed by atoms with E-state index in [2.05, 4.69) is 110 Å². The van der Waals surface area contributed by atoms with Gasteiger partial charge in [0.05, 0.1) is 0 Å². The third kappa shape index (κ3) is 4.03. The number of hydrogen-bond donors (Lipinski definition) is 0. The molecular weight excluding hydrogens is 518 g/mol. The summed E-state index contributed by atoms with van der Waals surface area (Å²) in [5.41, 5.74) is 13.0. The Morgan fingerprint density at radius 1 is 0.605 bits per heavy atom. The minimum absolute atomic E-state index is 0.0255. The number of rotatable bonds is 5. The van der Waals surface area contributed by atoms with Gasteiger partial charge in [-0.05, 0) is 144 Å². The zero-order chi connectivity index (χ0) is 28.8. The molecule has 0 radical (unpaired) electrons. The van der Waals surface area contributed by atoms with Gasteiger partial charge in [0.1, 0.15) is 0 Å². The van der Waals surface area contributed by atoms with Gasteiger partial charge in [0.15, 0.2) is 0 Å². The molecule has 6 aliphatic rings. The van der Waals surface area contributed by atoms with Crippen LogP contribution in [-0.2, 0) is 10.8 Å². The molecule has 0 saturated heterocycles. The van der Waals surface area contributed by atoms with Gasteiger partial charge in [0.25, 0.3) is 0 Å². The third-order valence-corrected chi connectivity index (χ3v) is 12.7. The molecule has 10 rings (SSSR count). The summed E-state index contributed by atoms with van der Waals surface area (Å²) in [6.45, 7) is 4.75. The van der Waals surface area contributed by atoms with Gasteiger partial charge in [-0.15, -0.1) is 0 Å². The van der Waals surface area contributed by atoms with Crippen LogP contribution < -0.4 is 4.90 Å². The van der Waals surface area contributed by atoms with E-state index in [1.807, 2.05) is 0 Å². The van der Waals surface area contributed by atoms with E-state index in [-0.39, 0.29) is 5.41 Å². The van der Waals surface area contributed by atoms with Crippen molar-refractivity contribution in [2.45, 2.75) is 94.8 Å². The predicted octanol–water partition coefficient (Wildman–Crippen LogP) is 11.6. The van der Waals surface area contributed by atoms with Crippen molar-refractivity contribution in [3.05, 3.63) is 113 Å². The van der Waals surface area contributed by atoms with Gasteiger partial charge in [-0.25, -0.2) is 0 Å². The minimum atomic E-state index is 0.0255. The number of fused-ring (bicyclic) bond motifs is 3. The molecule has 0 heterocycles. The summed E-state index contributed by atoms with van der Waals surface area (Å²) in [6.07, 6.45) is 14.1. The Bertz CT molecular complexity index is 1650. The second-order valence-electron chi connectivity index (χ2n) is 15.5. The van der Waals surface area contributed by atoms with Gasteiger partial charge in [0.2, 0.25) is 0 Å². The Morgan fingerprint density at radius 2 is 1.23 bits per heavy atom. The first-order valence-electron chi connectivity index (χ1n) is 17.2. The second kappa shape index (κ2) is 9.59. The van der Waals surface area contributed by atoms with E-state index < -0.39 is 0 Å². The van der Waals surface area contributed by atoms with Crippen LogP contribution in [0.25, 0.3) is 11.1 Å². The number of nitrogens with zero attached hydrogens (tertiary/aromatic N) is 1. The monoisotopic (exact) mass is 563 g/mol. The quantitative estimate of drug-likeness (QED) is 0.233.